The summed E-state index contributed by atoms with van der Waals surface area (Å²) in [6, 6.07) is 24.4. The van der Waals surface area contributed by atoms with Gasteiger partial charge in [0.1, 0.15) is 12.1 Å². The number of nitrogens with one attached hydrogen (secondary N) is 1. The Hall–Kier alpha value is -4.26. The third-order valence-electron chi connectivity index (χ3n) is 4.49. The maximum absolute atomic E-state index is 13.2. The lowest BCUT2D eigenvalue weighted by Crippen LogP contribution is -2.14. The summed E-state index contributed by atoms with van der Waals surface area (Å²) < 4.78 is 6.97. The third kappa shape index (κ3) is 4.25. The summed E-state index contributed by atoms with van der Waals surface area (Å²) in [6.07, 6.45) is 3.33. The molecule has 3 aromatic carbocycles. The predicted molar refractivity (Wildman–Crippen MR) is 115 cm³/mol. The fourth-order valence-corrected chi connectivity index (χ4v) is 3.04. The fourth-order valence-electron chi connectivity index (χ4n) is 3.04. The van der Waals surface area contributed by atoms with E-state index in [2.05, 4.69) is 20.8 Å². The number of anilines is 1. The molecule has 1 N–H and O–H groups in total. The van der Waals surface area contributed by atoms with Crippen LogP contribution in [0.2, 0.25) is 0 Å². The minimum Gasteiger partial charge on any atom is -0.496 e. The number of benzene rings is 3. The zero-order chi connectivity index (χ0) is 20.8. The molecule has 0 unspecified atom stereocenters. The molecule has 0 fully saturated rings. The molecule has 0 atom stereocenters. The van der Waals surface area contributed by atoms with Crippen molar-refractivity contribution in [2.45, 2.75) is 0 Å². The topological polar surface area (TPSA) is 81.9 Å². The van der Waals surface area contributed by atoms with E-state index < -0.39 is 0 Å². The third-order valence-corrected chi connectivity index (χ3v) is 4.49. The normalized spacial score (nSPS) is 11.2. The number of hydrogen-bond donors (Lipinski definition) is 1. The van der Waals surface area contributed by atoms with Crippen LogP contribution in [-0.4, -0.2) is 33.2 Å². The van der Waals surface area contributed by atoms with E-state index in [9.17, 15) is 4.79 Å². The number of amides is 1. The number of rotatable bonds is 6. The number of methoxy groups -OCH3 is 1. The number of para-hydroxylation sites is 1. The quantitative estimate of drug-likeness (QED) is 0.395. The van der Waals surface area contributed by atoms with Gasteiger partial charge in [0.05, 0.1) is 12.8 Å². The molecule has 0 radical (unpaired) electrons. The van der Waals surface area contributed by atoms with Crippen molar-refractivity contribution < 1.29 is 9.53 Å². The summed E-state index contributed by atoms with van der Waals surface area (Å²) in [6.45, 7) is 0. The first-order valence-corrected chi connectivity index (χ1v) is 9.29. The number of carbonyl (C=O) groups excluding carboxylic acids is 1. The Bertz CT molecular complexity index is 1170. The number of tetrazole rings is 1. The molecule has 0 spiro atoms. The second kappa shape index (κ2) is 8.83. The molecule has 0 saturated carbocycles. The van der Waals surface area contributed by atoms with Crippen molar-refractivity contribution >= 4 is 23.2 Å². The zero-order valence-electron chi connectivity index (χ0n) is 16.3. The van der Waals surface area contributed by atoms with Crippen LogP contribution in [0.1, 0.15) is 11.1 Å². The van der Waals surface area contributed by atoms with Gasteiger partial charge in [0.2, 0.25) is 0 Å². The van der Waals surface area contributed by atoms with E-state index in [0.29, 0.717) is 17.0 Å². The number of carbonyl (C=O) groups is 1. The van der Waals surface area contributed by atoms with Crippen LogP contribution in [0.3, 0.4) is 0 Å². The molecule has 1 amide bonds. The van der Waals surface area contributed by atoms with E-state index >= 15 is 0 Å². The highest BCUT2D eigenvalue weighted by Gasteiger charge is 2.14. The molecule has 0 aliphatic carbocycles. The molecule has 0 saturated heterocycles. The summed E-state index contributed by atoms with van der Waals surface area (Å²) in [7, 11) is 1.61. The van der Waals surface area contributed by atoms with E-state index in [1.807, 2.05) is 78.9 Å². The number of nitrogens with zero attached hydrogens (tertiary/aromatic N) is 4. The molecular weight excluding hydrogens is 378 g/mol. The monoisotopic (exact) mass is 397 g/mol. The van der Waals surface area contributed by atoms with Crippen molar-refractivity contribution in [1.29, 1.82) is 0 Å². The van der Waals surface area contributed by atoms with Crippen molar-refractivity contribution in [1.82, 2.24) is 20.2 Å². The molecule has 30 heavy (non-hydrogen) atoms. The summed E-state index contributed by atoms with van der Waals surface area (Å²) in [4.78, 5) is 13.2. The minimum atomic E-state index is -0.235. The van der Waals surface area contributed by atoms with Crippen molar-refractivity contribution in [3.05, 3.63) is 96.3 Å². The van der Waals surface area contributed by atoms with Gasteiger partial charge >= 0.3 is 0 Å². The summed E-state index contributed by atoms with van der Waals surface area (Å²) in [5.74, 6) is 0.459. The lowest BCUT2D eigenvalue weighted by molar-refractivity contribution is -0.111. The van der Waals surface area contributed by atoms with Crippen molar-refractivity contribution in [3.63, 3.8) is 0 Å². The molecule has 148 valence electrons. The van der Waals surface area contributed by atoms with Crippen LogP contribution in [-0.2, 0) is 4.79 Å². The molecule has 1 heterocycles. The van der Waals surface area contributed by atoms with Gasteiger partial charge in [-0.3, -0.25) is 4.79 Å². The average molecular weight is 397 g/mol. The molecule has 7 heteroatoms. The smallest absolute Gasteiger partial charge is 0.256 e. The van der Waals surface area contributed by atoms with Crippen molar-refractivity contribution in [3.8, 4) is 11.4 Å². The highest BCUT2D eigenvalue weighted by Crippen LogP contribution is 2.26. The highest BCUT2D eigenvalue weighted by molar-refractivity contribution is 6.29. The summed E-state index contributed by atoms with van der Waals surface area (Å²) >= 11 is 0. The Balaban J connectivity index is 1.69. The summed E-state index contributed by atoms with van der Waals surface area (Å²) in [5, 5.41) is 14.1. The molecule has 0 bridgehead atoms. The van der Waals surface area contributed by atoms with Gasteiger partial charge in [-0.05, 0) is 46.3 Å². The van der Waals surface area contributed by atoms with Crippen LogP contribution in [0.4, 0.5) is 5.69 Å². The maximum Gasteiger partial charge on any atom is 0.256 e. The van der Waals surface area contributed by atoms with Crippen LogP contribution in [0, 0.1) is 0 Å². The van der Waals surface area contributed by atoms with Gasteiger partial charge in [-0.15, -0.1) is 5.10 Å². The van der Waals surface area contributed by atoms with Crippen LogP contribution in [0.15, 0.2) is 85.2 Å². The predicted octanol–water partition coefficient (Wildman–Crippen LogP) is 3.85. The van der Waals surface area contributed by atoms with E-state index in [4.69, 9.17) is 4.74 Å². The van der Waals surface area contributed by atoms with Gasteiger partial charge < -0.3 is 10.1 Å². The van der Waals surface area contributed by atoms with Gasteiger partial charge in [0.15, 0.2) is 0 Å². The van der Waals surface area contributed by atoms with E-state index in [1.54, 1.807) is 13.2 Å². The number of aromatic nitrogens is 4. The standard InChI is InChI=1S/C23H19N5O2/c1-30-22-13-6-5-10-18(22)14-21(17-8-3-2-4-9-17)23(29)25-19-11-7-12-20(15-19)28-16-24-26-27-28/h2-16H,1H3,(H,25,29)/b21-14+. The highest BCUT2D eigenvalue weighted by atomic mass is 16.5. The fraction of sp³-hybridized carbons (Fsp3) is 0.0435. The van der Waals surface area contributed by atoms with Crippen LogP contribution in [0.5, 0.6) is 5.75 Å². The molecule has 0 aliphatic heterocycles. The van der Waals surface area contributed by atoms with E-state index in [0.717, 1.165) is 16.8 Å². The maximum atomic E-state index is 13.2. The van der Waals surface area contributed by atoms with Gasteiger partial charge in [0.25, 0.3) is 5.91 Å². The van der Waals surface area contributed by atoms with E-state index in [1.165, 1.54) is 11.0 Å². The largest absolute Gasteiger partial charge is 0.496 e. The van der Waals surface area contributed by atoms with E-state index in [-0.39, 0.29) is 5.91 Å². The Morgan fingerprint density at radius 3 is 2.57 bits per heavy atom. The summed E-state index contributed by atoms with van der Waals surface area (Å²) in [5.41, 5.74) is 3.52. The molecule has 4 aromatic rings. The Morgan fingerprint density at radius 1 is 1.00 bits per heavy atom. The Kier molecular flexibility index (Phi) is 5.61. The SMILES string of the molecule is COc1ccccc1/C=C(/C(=O)Nc1cccc(-n2cnnn2)c1)c1ccccc1. The van der Waals surface area contributed by atoms with Gasteiger partial charge in [0, 0.05) is 16.8 Å². The second-order valence-corrected chi connectivity index (χ2v) is 6.42. The molecule has 1 aromatic heterocycles. The Labute approximate surface area is 173 Å². The average Bonchev–Trinajstić information content (AvgIpc) is 3.33. The van der Waals surface area contributed by atoms with Crippen molar-refractivity contribution in [2.24, 2.45) is 0 Å². The molecule has 0 aliphatic rings. The van der Waals surface area contributed by atoms with Gasteiger partial charge in [-0.1, -0.05) is 54.6 Å². The first kappa shape index (κ1) is 19.1. The van der Waals surface area contributed by atoms with Gasteiger partial charge in [-0.2, -0.15) is 0 Å². The first-order chi connectivity index (χ1) is 14.7. The van der Waals surface area contributed by atoms with Crippen LogP contribution < -0.4 is 10.1 Å². The van der Waals surface area contributed by atoms with Gasteiger partial charge in [-0.25, -0.2) is 4.68 Å². The number of ether oxygens (including phenoxy) is 1. The lowest BCUT2D eigenvalue weighted by atomic mass is 10.0. The number of hydrogen-bond acceptors (Lipinski definition) is 5. The van der Waals surface area contributed by atoms with Crippen molar-refractivity contribution in [2.75, 3.05) is 12.4 Å². The van der Waals surface area contributed by atoms with Crippen LogP contribution >= 0.6 is 0 Å². The zero-order valence-corrected chi connectivity index (χ0v) is 16.3. The minimum absolute atomic E-state index is 0.235. The van der Waals surface area contributed by atoms with Crippen LogP contribution in [0.25, 0.3) is 17.3 Å². The molecule has 7 nitrogen and oxygen atoms in total. The molecule has 4 rings (SSSR count). The lowest BCUT2D eigenvalue weighted by Gasteiger charge is -2.12. The molecular formula is C23H19N5O2. The first-order valence-electron chi connectivity index (χ1n) is 9.29. The Morgan fingerprint density at radius 2 is 1.80 bits per heavy atom. The second-order valence-electron chi connectivity index (χ2n) is 6.42.